The normalized spacial score (nSPS) is 12.7. The molecule has 0 saturated heterocycles. The molecule has 466 valence electrons. The number of ether oxygens (including phenoxy) is 3. The number of hydrogen-bond donors (Lipinski definition) is 0. The van der Waals surface area contributed by atoms with Gasteiger partial charge in [0.05, 0.1) is 0 Å². The van der Waals surface area contributed by atoms with Crippen molar-refractivity contribution in [3.05, 3.63) is 97.2 Å². The fraction of sp³-hybridized carbons (Fsp3) is 0.747. The first-order valence-corrected chi connectivity index (χ1v) is 34.7. The number of esters is 3. The number of rotatable bonds is 63. The van der Waals surface area contributed by atoms with Gasteiger partial charge < -0.3 is 14.2 Å². The molecule has 0 amide bonds. The first-order valence-electron chi connectivity index (χ1n) is 34.7. The highest BCUT2D eigenvalue weighted by molar-refractivity contribution is 5.71. The lowest BCUT2D eigenvalue weighted by Crippen LogP contribution is -2.30. The minimum Gasteiger partial charge on any atom is -0.462 e. The molecule has 0 aliphatic rings. The number of unbranched alkanes of at least 4 members (excludes halogenated alkanes) is 36. The second kappa shape index (κ2) is 68.8. The zero-order chi connectivity index (χ0) is 58.5. The van der Waals surface area contributed by atoms with Crippen LogP contribution in [0, 0.1) is 0 Å². The van der Waals surface area contributed by atoms with Gasteiger partial charge in [-0.05, 0) is 89.9 Å². The first kappa shape index (κ1) is 77.3. The molecular weight excluding hydrogens is 997 g/mol. The molecule has 0 bridgehead atoms. The van der Waals surface area contributed by atoms with Crippen molar-refractivity contribution >= 4 is 17.9 Å². The Balaban J connectivity index is 4.30. The van der Waals surface area contributed by atoms with Crippen molar-refractivity contribution in [1.29, 1.82) is 0 Å². The zero-order valence-electron chi connectivity index (χ0n) is 53.5. The molecule has 0 radical (unpaired) electrons. The molecular formula is C75H130O6. The Hall–Kier alpha value is -3.67. The van der Waals surface area contributed by atoms with Crippen LogP contribution >= 0.6 is 0 Å². The zero-order valence-corrected chi connectivity index (χ0v) is 53.5. The largest absolute Gasteiger partial charge is 0.462 e. The highest BCUT2D eigenvalue weighted by Gasteiger charge is 2.19. The van der Waals surface area contributed by atoms with E-state index in [4.69, 9.17) is 14.2 Å². The van der Waals surface area contributed by atoms with E-state index in [0.29, 0.717) is 19.3 Å². The molecule has 0 heterocycles. The first-order chi connectivity index (χ1) is 40.0. The molecule has 81 heavy (non-hydrogen) atoms. The smallest absolute Gasteiger partial charge is 0.306 e. The number of carbonyl (C=O) groups is 3. The fourth-order valence-corrected chi connectivity index (χ4v) is 9.97. The highest BCUT2D eigenvalue weighted by atomic mass is 16.6. The van der Waals surface area contributed by atoms with E-state index in [9.17, 15) is 14.4 Å². The standard InChI is InChI=1S/C75H130O6/c1-4-7-10-13-16-19-22-25-28-31-32-33-34-35-36-37-38-39-40-41-42-45-47-50-53-56-59-62-65-68-74(77)80-71-72(81-75(78)69-66-63-60-57-54-51-48-44-30-27-24-21-18-15-12-9-6-3)70-79-73(76)67-64-61-58-55-52-49-46-43-29-26-23-20-17-14-11-8-5-2/h8-9,11-12,17-18,20-21,26-27,29-30,48,51,57,60,72H,4-7,10,13-16,19,22-25,28,31-47,49-50,52-56,58-59,61-71H2,1-3H3/b11-8-,12-9-,20-17-,21-18-,29-26-,30-27-,51-48-,60-57-. The van der Waals surface area contributed by atoms with Crippen LogP contribution < -0.4 is 0 Å². The van der Waals surface area contributed by atoms with Crippen LogP contribution in [0.1, 0.15) is 342 Å². The van der Waals surface area contributed by atoms with Gasteiger partial charge in [-0.1, -0.05) is 330 Å². The summed E-state index contributed by atoms with van der Waals surface area (Å²) in [4.78, 5) is 38.4. The molecule has 0 N–H and O–H groups in total. The molecule has 0 aliphatic heterocycles. The van der Waals surface area contributed by atoms with Gasteiger partial charge >= 0.3 is 17.9 Å². The molecule has 6 nitrogen and oxygen atoms in total. The highest BCUT2D eigenvalue weighted by Crippen LogP contribution is 2.18. The average Bonchev–Trinajstić information content (AvgIpc) is 3.47. The van der Waals surface area contributed by atoms with E-state index in [-0.39, 0.29) is 37.5 Å². The molecule has 0 aromatic heterocycles. The van der Waals surface area contributed by atoms with Gasteiger partial charge in [0.15, 0.2) is 6.10 Å². The lowest BCUT2D eigenvalue weighted by atomic mass is 10.0. The van der Waals surface area contributed by atoms with Crippen LogP contribution in [-0.2, 0) is 28.6 Å². The van der Waals surface area contributed by atoms with Crippen molar-refractivity contribution in [2.45, 2.75) is 348 Å². The third-order valence-electron chi connectivity index (χ3n) is 15.1. The van der Waals surface area contributed by atoms with Crippen LogP contribution in [0.3, 0.4) is 0 Å². The third kappa shape index (κ3) is 67.0. The topological polar surface area (TPSA) is 78.9 Å². The summed E-state index contributed by atoms with van der Waals surface area (Å²) in [7, 11) is 0. The molecule has 0 aromatic carbocycles. The fourth-order valence-electron chi connectivity index (χ4n) is 9.97. The van der Waals surface area contributed by atoms with Gasteiger partial charge in [-0.25, -0.2) is 0 Å². The summed E-state index contributed by atoms with van der Waals surface area (Å²) in [6, 6.07) is 0. The van der Waals surface area contributed by atoms with E-state index in [0.717, 1.165) is 103 Å². The summed E-state index contributed by atoms with van der Waals surface area (Å²) < 4.78 is 16.9. The molecule has 0 saturated carbocycles. The Morgan fingerprint density at radius 1 is 0.259 bits per heavy atom. The van der Waals surface area contributed by atoms with E-state index in [1.54, 1.807) is 0 Å². The van der Waals surface area contributed by atoms with Crippen molar-refractivity contribution in [3.8, 4) is 0 Å². The summed E-state index contributed by atoms with van der Waals surface area (Å²) in [5.41, 5.74) is 0. The number of hydrogen-bond acceptors (Lipinski definition) is 6. The molecule has 0 aliphatic carbocycles. The molecule has 0 spiro atoms. The van der Waals surface area contributed by atoms with Crippen LogP contribution in [0.2, 0.25) is 0 Å². The average molecular weight is 1130 g/mol. The van der Waals surface area contributed by atoms with Crippen molar-refractivity contribution in [2.24, 2.45) is 0 Å². The van der Waals surface area contributed by atoms with Gasteiger partial charge in [0, 0.05) is 19.3 Å². The summed E-state index contributed by atoms with van der Waals surface area (Å²) in [6.45, 7) is 6.40. The van der Waals surface area contributed by atoms with Crippen molar-refractivity contribution in [3.63, 3.8) is 0 Å². The van der Waals surface area contributed by atoms with Gasteiger partial charge in [-0.3, -0.25) is 14.4 Å². The molecule has 0 rings (SSSR count). The molecule has 6 heteroatoms. The van der Waals surface area contributed by atoms with E-state index < -0.39 is 6.10 Å². The Morgan fingerprint density at radius 2 is 0.494 bits per heavy atom. The number of carbonyl (C=O) groups excluding carboxylic acids is 3. The monoisotopic (exact) mass is 1130 g/mol. The van der Waals surface area contributed by atoms with Crippen LogP contribution in [0.5, 0.6) is 0 Å². The van der Waals surface area contributed by atoms with E-state index in [2.05, 4.69) is 118 Å². The molecule has 0 aromatic rings. The van der Waals surface area contributed by atoms with Gasteiger partial charge in [0.1, 0.15) is 13.2 Å². The lowest BCUT2D eigenvalue weighted by molar-refractivity contribution is -0.167. The van der Waals surface area contributed by atoms with Crippen molar-refractivity contribution < 1.29 is 28.6 Å². The Kier molecular flexibility index (Phi) is 65.7. The van der Waals surface area contributed by atoms with Gasteiger partial charge in [0.2, 0.25) is 0 Å². The van der Waals surface area contributed by atoms with Gasteiger partial charge in [-0.15, -0.1) is 0 Å². The Labute approximate surface area is 502 Å². The quantitative estimate of drug-likeness (QED) is 0.0261. The Bertz CT molecular complexity index is 1580. The van der Waals surface area contributed by atoms with Crippen LogP contribution in [0.25, 0.3) is 0 Å². The lowest BCUT2D eigenvalue weighted by Gasteiger charge is -2.18. The Morgan fingerprint density at radius 3 is 0.790 bits per heavy atom. The van der Waals surface area contributed by atoms with E-state index >= 15 is 0 Å². The van der Waals surface area contributed by atoms with Crippen LogP contribution in [0.4, 0.5) is 0 Å². The van der Waals surface area contributed by atoms with Crippen molar-refractivity contribution in [1.82, 2.24) is 0 Å². The minimum atomic E-state index is -0.813. The summed E-state index contributed by atoms with van der Waals surface area (Å²) in [5, 5.41) is 0. The van der Waals surface area contributed by atoms with Gasteiger partial charge in [-0.2, -0.15) is 0 Å². The predicted octanol–water partition coefficient (Wildman–Crippen LogP) is 24.0. The second-order valence-electron chi connectivity index (χ2n) is 23.0. The third-order valence-corrected chi connectivity index (χ3v) is 15.1. The predicted molar refractivity (Wildman–Crippen MR) is 353 cm³/mol. The summed E-state index contributed by atoms with van der Waals surface area (Å²) in [5.74, 6) is -0.957. The molecule has 1 unspecified atom stereocenters. The molecule has 0 fully saturated rings. The molecule has 1 atom stereocenters. The second-order valence-corrected chi connectivity index (χ2v) is 23.0. The maximum atomic E-state index is 12.9. The van der Waals surface area contributed by atoms with Gasteiger partial charge in [0.25, 0.3) is 0 Å². The maximum Gasteiger partial charge on any atom is 0.306 e. The summed E-state index contributed by atoms with van der Waals surface area (Å²) >= 11 is 0. The van der Waals surface area contributed by atoms with Crippen LogP contribution in [0.15, 0.2) is 97.2 Å². The number of allylic oxidation sites excluding steroid dienone is 16. The maximum absolute atomic E-state index is 12.9. The minimum absolute atomic E-state index is 0.101. The van der Waals surface area contributed by atoms with Crippen LogP contribution in [-0.4, -0.2) is 37.2 Å². The van der Waals surface area contributed by atoms with Crippen molar-refractivity contribution in [2.75, 3.05) is 13.2 Å². The summed E-state index contributed by atoms with van der Waals surface area (Å²) in [6.07, 6.45) is 93.1. The van der Waals surface area contributed by atoms with E-state index in [1.165, 1.54) is 193 Å². The van der Waals surface area contributed by atoms with E-state index in [1.807, 2.05) is 0 Å². The SMILES string of the molecule is CC/C=C\C/C=C\C/C=C\C/C=C\C/C=C\CCCC(=O)OC(COC(=O)CCCCCCCCC/C=C\C/C=C\C/C=C\CC)COC(=O)CCCCCCCCCCCCCCCCCCCCCCCCCCCCCCC.